The van der Waals surface area contributed by atoms with Crippen LogP contribution in [0.15, 0.2) is 23.1 Å². The first-order chi connectivity index (χ1) is 10.9. The number of nitrogens with two attached hydrogens (primary N) is 1. The standard InChI is InChI=1S/C15H22N2O5S/c1-21-13-4-3-12(9-14(13)22-2)23(19,20)8-6-15(18)17-7-5-11(16)10-17/h3-4,9,11H,5-8,10,16H2,1-2H3/t11-/m1/s1. The number of ether oxygens (including phenoxy) is 2. The summed E-state index contributed by atoms with van der Waals surface area (Å²) in [6, 6.07) is 4.38. The van der Waals surface area contributed by atoms with E-state index in [1.807, 2.05) is 0 Å². The maximum Gasteiger partial charge on any atom is 0.223 e. The van der Waals surface area contributed by atoms with Gasteiger partial charge >= 0.3 is 0 Å². The summed E-state index contributed by atoms with van der Waals surface area (Å²) in [5.41, 5.74) is 5.76. The van der Waals surface area contributed by atoms with Crippen molar-refractivity contribution in [1.82, 2.24) is 4.90 Å². The highest BCUT2D eigenvalue weighted by molar-refractivity contribution is 7.91. The van der Waals surface area contributed by atoms with Crippen LogP contribution in [0.5, 0.6) is 11.5 Å². The summed E-state index contributed by atoms with van der Waals surface area (Å²) in [6.45, 7) is 1.09. The minimum atomic E-state index is -3.57. The second kappa shape index (κ2) is 7.18. The minimum absolute atomic E-state index is 0.0126. The zero-order chi connectivity index (χ0) is 17.0. The molecule has 0 bridgehead atoms. The van der Waals surface area contributed by atoms with E-state index >= 15 is 0 Å². The van der Waals surface area contributed by atoms with Gasteiger partial charge in [-0.05, 0) is 18.6 Å². The van der Waals surface area contributed by atoms with Crippen LogP contribution in [0.2, 0.25) is 0 Å². The van der Waals surface area contributed by atoms with Gasteiger partial charge in [-0.15, -0.1) is 0 Å². The van der Waals surface area contributed by atoms with E-state index in [9.17, 15) is 13.2 Å². The van der Waals surface area contributed by atoms with E-state index < -0.39 is 9.84 Å². The Labute approximate surface area is 136 Å². The van der Waals surface area contributed by atoms with Crippen LogP contribution in [0, 0.1) is 0 Å². The number of carbonyl (C=O) groups is 1. The van der Waals surface area contributed by atoms with Gasteiger partial charge in [-0.25, -0.2) is 8.42 Å². The van der Waals surface area contributed by atoms with Gasteiger partial charge < -0.3 is 20.1 Å². The number of rotatable bonds is 6. The molecule has 0 aliphatic carbocycles. The number of carbonyl (C=O) groups excluding carboxylic acids is 1. The van der Waals surface area contributed by atoms with Gasteiger partial charge in [0.25, 0.3) is 0 Å². The van der Waals surface area contributed by atoms with Crippen molar-refractivity contribution in [2.75, 3.05) is 33.1 Å². The van der Waals surface area contributed by atoms with Crippen LogP contribution in [0.4, 0.5) is 0 Å². The highest BCUT2D eigenvalue weighted by Gasteiger charge is 2.25. The van der Waals surface area contributed by atoms with Crippen LogP contribution in [-0.2, 0) is 14.6 Å². The normalized spacial score (nSPS) is 18.0. The van der Waals surface area contributed by atoms with Crippen LogP contribution in [0.1, 0.15) is 12.8 Å². The van der Waals surface area contributed by atoms with Crippen LogP contribution in [-0.4, -0.2) is 58.3 Å². The Morgan fingerprint density at radius 1 is 1.30 bits per heavy atom. The summed E-state index contributed by atoms with van der Waals surface area (Å²) in [6.07, 6.45) is 0.706. The SMILES string of the molecule is COc1ccc(S(=O)(=O)CCC(=O)N2CC[C@@H](N)C2)cc1OC. The first kappa shape index (κ1) is 17.6. The number of hydrogen-bond acceptors (Lipinski definition) is 6. The zero-order valence-corrected chi connectivity index (χ0v) is 14.1. The van der Waals surface area contributed by atoms with Crippen molar-refractivity contribution in [2.45, 2.75) is 23.8 Å². The van der Waals surface area contributed by atoms with Crippen molar-refractivity contribution in [3.8, 4) is 11.5 Å². The molecule has 0 spiro atoms. The summed E-state index contributed by atoms with van der Waals surface area (Å²) < 4.78 is 35.0. The molecule has 0 unspecified atom stereocenters. The molecular weight excluding hydrogens is 320 g/mol. The molecule has 1 heterocycles. The molecule has 1 fully saturated rings. The molecule has 1 amide bonds. The molecule has 7 nitrogen and oxygen atoms in total. The number of benzene rings is 1. The molecule has 1 atom stereocenters. The fourth-order valence-electron chi connectivity index (χ4n) is 2.52. The van der Waals surface area contributed by atoms with Crippen molar-refractivity contribution in [1.29, 1.82) is 0 Å². The molecular formula is C15H22N2O5S. The molecule has 1 aliphatic heterocycles. The second-order valence-corrected chi connectivity index (χ2v) is 7.58. The number of sulfone groups is 1. The number of amides is 1. The predicted octanol–water partition coefficient (Wildman–Crippen LogP) is 0.427. The summed E-state index contributed by atoms with van der Waals surface area (Å²) in [4.78, 5) is 13.8. The van der Waals surface area contributed by atoms with Crippen molar-refractivity contribution < 1.29 is 22.7 Å². The van der Waals surface area contributed by atoms with Gasteiger partial charge in [0.2, 0.25) is 5.91 Å². The minimum Gasteiger partial charge on any atom is -0.493 e. The molecule has 8 heteroatoms. The number of methoxy groups -OCH3 is 2. The van der Waals surface area contributed by atoms with Crippen LogP contribution in [0.3, 0.4) is 0 Å². The van der Waals surface area contributed by atoms with E-state index in [0.29, 0.717) is 24.6 Å². The molecule has 0 radical (unpaired) electrons. The molecule has 1 aromatic rings. The first-order valence-corrected chi connectivity index (χ1v) is 9.00. The van der Waals surface area contributed by atoms with Crippen molar-refractivity contribution in [2.24, 2.45) is 5.73 Å². The van der Waals surface area contributed by atoms with E-state index in [2.05, 4.69) is 0 Å². The number of likely N-dealkylation sites (tertiary alicyclic amines) is 1. The van der Waals surface area contributed by atoms with E-state index in [1.54, 1.807) is 4.90 Å². The molecule has 2 rings (SSSR count). The maximum absolute atomic E-state index is 12.4. The smallest absolute Gasteiger partial charge is 0.223 e. The lowest BCUT2D eigenvalue weighted by atomic mass is 10.3. The van der Waals surface area contributed by atoms with Crippen LogP contribution in [0.25, 0.3) is 0 Å². The molecule has 1 aromatic carbocycles. The van der Waals surface area contributed by atoms with E-state index in [1.165, 1.54) is 32.4 Å². The molecule has 0 saturated carbocycles. The Kier molecular flexibility index (Phi) is 5.48. The quantitative estimate of drug-likeness (QED) is 0.805. The summed E-state index contributed by atoms with van der Waals surface area (Å²) in [5, 5.41) is 0. The Balaban J connectivity index is 2.05. The monoisotopic (exact) mass is 342 g/mol. The van der Waals surface area contributed by atoms with Gasteiger partial charge in [-0.1, -0.05) is 0 Å². The van der Waals surface area contributed by atoms with Crippen LogP contribution < -0.4 is 15.2 Å². The molecule has 1 aliphatic rings. The first-order valence-electron chi connectivity index (χ1n) is 7.35. The molecule has 0 aromatic heterocycles. The average Bonchev–Trinajstić information content (AvgIpc) is 2.98. The molecule has 2 N–H and O–H groups in total. The average molecular weight is 342 g/mol. The Morgan fingerprint density at radius 2 is 2.00 bits per heavy atom. The molecule has 128 valence electrons. The Hall–Kier alpha value is -1.80. The largest absolute Gasteiger partial charge is 0.493 e. The van der Waals surface area contributed by atoms with Crippen LogP contribution >= 0.6 is 0 Å². The van der Waals surface area contributed by atoms with Gasteiger partial charge in [0, 0.05) is 31.6 Å². The van der Waals surface area contributed by atoms with Crippen molar-refractivity contribution in [3.05, 3.63) is 18.2 Å². The van der Waals surface area contributed by atoms with E-state index in [-0.39, 0.29) is 29.0 Å². The summed E-state index contributed by atoms with van der Waals surface area (Å²) in [5.74, 6) is 0.369. The van der Waals surface area contributed by atoms with Gasteiger partial charge in [-0.3, -0.25) is 4.79 Å². The Morgan fingerprint density at radius 3 is 2.57 bits per heavy atom. The van der Waals surface area contributed by atoms with E-state index in [4.69, 9.17) is 15.2 Å². The fourth-order valence-corrected chi connectivity index (χ4v) is 3.76. The van der Waals surface area contributed by atoms with Crippen molar-refractivity contribution >= 4 is 15.7 Å². The zero-order valence-electron chi connectivity index (χ0n) is 13.3. The van der Waals surface area contributed by atoms with E-state index in [0.717, 1.165) is 6.42 Å². The summed E-state index contributed by atoms with van der Waals surface area (Å²) in [7, 11) is -0.654. The van der Waals surface area contributed by atoms with Gasteiger partial charge in [-0.2, -0.15) is 0 Å². The summed E-state index contributed by atoms with van der Waals surface area (Å²) >= 11 is 0. The molecule has 1 saturated heterocycles. The topological polar surface area (TPSA) is 98.9 Å². The van der Waals surface area contributed by atoms with Crippen molar-refractivity contribution in [3.63, 3.8) is 0 Å². The Bertz CT molecular complexity index is 674. The van der Waals surface area contributed by atoms with Gasteiger partial charge in [0.05, 0.1) is 24.9 Å². The lowest BCUT2D eigenvalue weighted by Crippen LogP contribution is -2.32. The highest BCUT2D eigenvalue weighted by Crippen LogP contribution is 2.30. The molecule has 23 heavy (non-hydrogen) atoms. The maximum atomic E-state index is 12.4. The lowest BCUT2D eigenvalue weighted by molar-refractivity contribution is -0.129. The third-order valence-electron chi connectivity index (χ3n) is 3.88. The highest BCUT2D eigenvalue weighted by atomic mass is 32.2. The third kappa shape index (κ3) is 4.14. The fraction of sp³-hybridized carbons (Fsp3) is 0.533. The second-order valence-electron chi connectivity index (χ2n) is 5.47. The van der Waals surface area contributed by atoms with Gasteiger partial charge in [0.1, 0.15) is 0 Å². The third-order valence-corrected chi connectivity index (χ3v) is 5.59. The lowest BCUT2D eigenvalue weighted by Gasteiger charge is -2.16. The number of nitrogens with zero attached hydrogens (tertiary/aromatic N) is 1. The number of hydrogen-bond donors (Lipinski definition) is 1. The predicted molar refractivity (Wildman–Crippen MR) is 85.4 cm³/mol. The van der Waals surface area contributed by atoms with Gasteiger partial charge in [0.15, 0.2) is 21.3 Å².